The van der Waals surface area contributed by atoms with Crippen molar-refractivity contribution in [3.05, 3.63) is 42.2 Å². The van der Waals surface area contributed by atoms with Gasteiger partial charge in [-0.25, -0.2) is 14.4 Å². The summed E-state index contributed by atoms with van der Waals surface area (Å²) in [6.45, 7) is 1.86. The van der Waals surface area contributed by atoms with E-state index in [1.807, 2.05) is 25.4 Å². The normalized spacial score (nSPS) is 24.2. The monoisotopic (exact) mass is 422 g/mol. The van der Waals surface area contributed by atoms with Crippen LogP contribution in [0.1, 0.15) is 31.4 Å². The first-order chi connectivity index (χ1) is 14.5. The molecule has 1 N–H and O–H groups in total. The van der Waals surface area contributed by atoms with Gasteiger partial charge < -0.3 is 14.6 Å². The molecule has 0 saturated carbocycles. The van der Waals surface area contributed by atoms with Crippen molar-refractivity contribution in [2.75, 3.05) is 12.4 Å². The minimum Gasteiger partial charge on any atom is -0.359 e. The first-order valence-corrected chi connectivity index (χ1v) is 11.3. The van der Waals surface area contributed by atoms with E-state index < -0.39 is 0 Å². The summed E-state index contributed by atoms with van der Waals surface area (Å²) in [4.78, 5) is 16.1. The van der Waals surface area contributed by atoms with Gasteiger partial charge >= 0.3 is 0 Å². The van der Waals surface area contributed by atoms with Gasteiger partial charge in [-0.1, -0.05) is 11.3 Å². The fourth-order valence-electron chi connectivity index (χ4n) is 5.07. The number of nitrogens with zero attached hydrogens (tertiary/aromatic N) is 5. The van der Waals surface area contributed by atoms with E-state index >= 15 is 0 Å². The molecule has 0 amide bonds. The zero-order valence-corrected chi connectivity index (χ0v) is 17.8. The van der Waals surface area contributed by atoms with Crippen LogP contribution in [0, 0.1) is 12.7 Å². The molecule has 2 saturated heterocycles. The third-order valence-corrected chi connectivity index (χ3v) is 7.57. The Labute approximate surface area is 177 Å². The summed E-state index contributed by atoms with van der Waals surface area (Å²) in [6, 6.07) is 5.37. The number of piperidine rings is 1. The van der Waals surface area contributed by atoms with Gasteiger partial charge in [0.15, 0.2) is 16.6 Å². The first kappa shape index (κ1) is 18.2. The number of thiazole rings is 1. The molecule has 6 heterocycles. The Kier molecular flexibility index (Phi) is 4.08. The largest absolute Gasteiger partial charge is 0.359 e. The summed E-state index contributed by atoms with van der Waals surface area (Å²) in [5, 5.41) is 4.62. The molecule has 4 aromatic heterocycles. The number of aromatic nitrogens is 4. The van der Waals surface area contributed by atoms with E-state index in [9.17, 15) is 4.39 Å². The number of aryl methyl sites for hydroxylation is 1. The first-order valence-electron chi connectivity index (χ1n) is 10.4. The van der Waals surface area contributed by atoms with Crippen molar-refractivity contribution in [3.63, 3.8) is 0 Å². The lowest BCUT2D eigenvalue weighted by molar-refractivity contribution is 0.169. The summed E-state index contributed by atoms with van der Waals surface area (Å²) in [6.07, 6.45) is 10.5. The smallest absolute Gasteiger partial charge is 0.184 e. The molecule has 2 bridgehead atoms. The minimum atomic E-state index is -0.342. The van der Waals surface area contributed by atoms with Crippen LogP contribution in [0.5, 0.6) is 0 Å². The average Bonchev–Trinajstić information content (AvgIpc) is 3.34. The van der Waals surface area contributed by atoms with Gasteiger partial charge in [0.25, 0.3) is 0 Å². The SMILES string of the molecule is Cc1cn2cc(-c3cc4sc(NC5CC6CCC(C5)N6C)nc4cn3)cc(F)c2n1. The highest BCUT2D eigenvalue weighted by Crippen LogP contribution is 2.37. The molecular formula is C22H23FN6S. The van der Waals surface area contributed by atoms with E-state index in [4.69, 9.17) is 4.98 Å². The Balaban J connectivity index is 1.29. The lowest BCUT2D eigenvalue weighted by atomic mass is 9.98. The van der Waals surface area contributed by atoms with Crippen LogP contribution in [-0.2, 0) is 0 Å². The second-order valence-corrected chi connectivity index (χ2v) is 9.64. The number of fused-ring (bicyclic) bond motifs is 4. The number of anilines is 1. The van der Waals surface area contributed by atoms with Gasteiger partial charge in [0.1, 0.15) is 5.52 Å². The van der Waals surface area contributed by atoms with Crippen molar-refractivity contribution in [1.29, 1.82) is 0 Å². The molecule has 30 heavy (non-hydrogen) atoms. The number of pyridine rings is 2. The predicted octanol–water partition coefficient (Wildman–Crippen LogP) is 4.49. The quantitative estimate of drug-likeness (QED) is 0.527. The molecule has 0 radical (unpaired) electrons. The Morgan fingerprint density at radius 2 is 1.93 bits per heavy atom. The van der Waals surface area contributed by atoms with Crippen molar-refractivity contribution in [3.8, 4) is 11.3 Å². The third-order valence-electron chi connectivity index (χ3n) is 6.62. The van der Waals surface area contributed by atoms with Crippen molar-refractivity contribution < 1.29 is 4.39 Å². The van der Waals surface area contributed by atoms with E-state index in [-0.39, 0.29) is 5.82 Å². The molecular weight excluding hydrogens is 399 g/mol. The molecule has 0 aliphatic carbocycles. The standard InChI is InChI=1S/C22H23FN6S/c1-12-10-29-11-13(5-17(23)21(29)25-12)18-8-20-19(9-24-18)27-22(30-20)26-14-6-15-3-4-16(7-14)28(15)2/h5,8-11,14-16H,3-4,6-7H2,1-2H3,(H,26,27). The fourth-order valence-corrected chi connectivity index (χ4v) is 6.03. The summed E-state index contributed by atoms with van der Waals surface area (Å²) in [5.74, 6) is -0.342. The maximum absolute atomic E-state index is 14.5. The summed E-state index contributed by atoms with van der Waals surface area (Å²) < 4.78 is 17.3. The van der Waals surface area contributed by atoms with Crippen LogP contribution in [0.4, 0.5) is 9.52 Å². The predicted molar refractivity (Wildman–Crippen MR) is 118 cm³/mol. The van der Waals surface area contributed by atoms with Gasteiger partial charge in [0, 0.05) is 36.1 Å². The zero-order chi connectivity index (χ0) is 20.4. The molecule has 2 fully saturated rings. The highest BCUT2D eigenvalue weighted by atomic mass is 32.1. The number of halogens is 1. The van der Waals surface area contributed by atoms with Crippen LogP contribution >= 0.6 is 11.3 Å². The van der Waals surface area contributed by atoms with Crippen molar-refractivity contribution in [2.45, 2.75) is 50.7 Å². The lowest BCUT2D eigenvalue weighted by Crippen LogP contribution is -2.44. The van der Waals surface area contributed by atoms with Crippen LogP contribution in [0.3, 0.4) is 0 Å². The lowest BCUT2D eigenvalue weighted by Gasteiger charge is -2.36. The molecule has 154 valence electrons. The minimum absolute atomic E-state index is 0.341. The molecule has 4 aromatic rings. The van der Waals surface area contributed by atoms with Crippen LogP contribution in [0.15, 0.2) is 30.7 Å². The van der Waals surface area contributed by atoms with Gasteiger partial charge in [0.2, 0.25) is 0 Å². The van der Waals surface area contributed by atoms with Gasteiger partial charge in [-0.15, -0.1) is 0 Å². The van der Waals surface area contributed by atoms with Crippen molar-refractivity contribution in [1.82, 2.24) is 24.3 Å². The highest BCUT2D eigenvalue weighted by molar-refractivity contribution is 7.22. The molecule has 8 heteroatoms. The Bertz CT molecular complexity index is 1250. The zero-order valence-electron chi connectivity index (χ0n) is 17.0. The maximum atomic E-state index is 14.5. The third kappa shape index (κ3) is 2.97. The molecule has 6 rings (SSSR count). The second-order valence-electron chi connectivity index (χ2n) is 8.61. The van der Waals surface area contributed by atoms with E-state index in [1.54, 1.807) is 21.9 Å². The summed E-state index contributed by atoms with van der Waals surface area (Å²) in [5.41, 5.74) is 3.47. The molecule has 2 aliphatic rings. The van der Waals surface area contributed by atoms with Gasteiger partial charge in [-0.05, 0) is 51.8 Å². The number of hydrogen-bond donors (Lipinski definition) is 1. The van der Waals surface area contributed by atoms with Crippen molar-refractivity contribution >= 4 is 32.3 Å². The number of imidazole rings is 1. The van der Waals surface area contributed by atoms with E-state index in [0.29, 0.717) is 23.8 Å². The van der Waals surface area contributed by atoms with Gasteiger partial charge in [-0.3, -0.25) is 4.98 Å². The van der Waals surface area contributed by atoms with Gasteiger partial charge in [-0.2, -0.15) is 0 Å². The van der Waals surface area contributed by atoms with Crippen molar-refractivity contribution in [2.24, 2.45) is 0 Å². The molecule has 2 aliphatic heterocycles. The molecule has 6 nitrogen and oxygen atoms in total. The van der Waals surface area contributed by atoms with Crippen LogP contribution in [-0.4, -0.2) is 49.4 Å². The van der Waals surface area contributed by atoms with E-state index in [1.165, 1.54) is 31.7 Å². The molecule has 0 aromatic carbocycles. The van der Waals surface area contributed by atoms with Crippen LogP contribution < -0.4 is 5.32 Å². The fraction of sp³-hybridized carbons (Fsp3) is 0.409. The number of hydrogen-bond acceptors (Lipinski definition) is 6. The topological polar surface area (TPSA) is 58.4 Å². The highest BCUT2D eigenvalue weighted by Gasteiger charge is 2.38. The molecule has 0 spiro atoms. The van der Waals surface area contributed by atoms with Gasteiger partial charge in [0.05, 0.1) is 22.3 Å². The second kappa shape index (κ2) is 6.72. The summed E-state index contributed by atoms with van der Waals surface area (Å²) >= 11 is 1.65. The Morgan fingerprint density at radius 1 is 1.13 bits per heavy atom. The van der Waals surface area contributed by atoms with E-state index in [0.717, 1.165) is 32.3 Å². The summed E-state index contributed by atoms with van der Waals surface area (Å²) in [7, 11) is 2.26. The maximum Gasteiger partial charge on any atom is 0.184 e. The number of nitrogens with one attached hydrogen (secondary N) is 1. The van der Waals surface area contributed by atoms with E-state index in [2.05, 4.69) is 27.2 Å². The van der Waals surface area contributed by atoms with Crippen LogP contribution in [0.2, 0.25) is 0 Å². The Morgan fingerprint density at radius 3 is 2.73 bits per heavy atom. The molecule has 2 atom stereocenters. The Hall–Kier alpha value is -2.58. The molecule has 2 unspecified atom stereocenters. The number of rotatable bonds is 3. The average molecular weight is 423 g/mol. The van der Waals surface area contributed by atoms with Crippen LogP contribution in [0.25, 0.3) is 27.1 Å².